The second-order valence-electron chi connectivity index (χ2n) is 8.51. The van der Waals surface area contributed by atoms with Gasteiger partial charge in [0, 0.05) is 39.6 Å². The fraction of sp³-hybridized carbons (Fsp3) is 0.296. The van der Waals surface area contributed by atoms with Gasteiger partial charge in [-0.1, -0.05) is 67.4 Å². The third-order valence-corrected chi connectivity index (χ3v) is 6.98. The highest BCUT2D eigenvalue weighted by Gasteiger charge is 2.35. The van der Waals surface area contributed by atoms with Gasteiger partial charge in [-0.05, 0) is 42.5 Å². The van der Waals surface area contributed by atoms with Gasteiger partial charge in [0.2, 0.25) is 11.8 Å². The number of halogens is 2. The van der Waals surface area contributed by atoms with E-state index in [0.717, 1.165) is 17.2 Å². The van der Waals surface area contributed by atoms with Crippen molar-refractivity contribution in [2.45, 2.75) is 39.3 Å². The maximum atomic E-state index is 13.8. The van der Waals surface area contributed by atoms with Crippen molar-refractivity contribution in [3.05, 3.63) is 75.8 Å². The first-order chi connectivity index (χ1) is 16.9. The van der Waals surface area contributed by atoms with E-state index < -0.39 is 6.04 Å². The molecule has 3 aromatic rings. The van der Waals surface area contributed by atoms with Crippen LogP contribution in [-0.2, 0) is 16.1 Å². The lowest BCUT2D eigenvalue weighted by Gasteiger charge is -2.32. The zero-order valence-electron chi connectivity index (χ0n) is 19.7. The van der Waals surface area contributed by atoms with E-state index in [-0.39, 0.29) is 30.8 Å². The van der Waals surface area contributed by atoms with Gasteiger partial charge in [-0.2, -0.15) is 0 Å². The van der Waals surface area contributed by atoms with Crippen LogP contribution in [0.5, 0.6) is 0 Å². The molecular weight excluding hydrogens is 485 g/mol. The average Bonchev–Trinajstić information content (AvgIpc) is 3.12. The average molecular weight is 512 g/mol. The smallest absolute Gasteiger partial charge is 0.259 e. The molecule has 1 N–H and O–H groups in total. The number of anilines is 1. The van der Waals surface area contributed by atoms with Gasteiger partial charge in [0.15, 0.2) is 0 Å². The summed E-state index contributed by atoms with van der Waals surface area (Å²) < 4.78 is 0. The highest BCUT2D eigenvalue weighted by atomic mass is 35.5. The van der Waals surface area contributed by atoms with E-state index in [2.05, 4.69) is 5.32 Å². The summed E-state index contributed by atoms with van der Waals surface area (Å²) in [5, 5.41) is 5.48. The first-order valence-corrected chi connectivity index (χ1v) is 12.5. The number of hydrogen-bond acceptors (Lipinski definition) is 3. The summed E-state index contributed by atoms with van der Waals surface area (Å²) in [7, 11) is 0. The molecule has 0 aromatic heterocycles. The summed E-state index contributed by atoms with van der Waals surface area (Å²) in [6.45, 7) is 4.17. The number of amides is 3. The SMILES string of the molecule is CCCNC(=O)[C@@H](CC)N(Cc1c(Cl)cccc1Cl)C(=O)CN1C(=O)c2cccc3cccc1c23. The molecule has 0 bridgehead atoms. The minimum absolute atomic E-state index is 0.0502. The Morgan fingerprint density at radius 1 is 1.00 bits per heavy atom. The van der Waals surface area contributed by atoms with E-state index in [1.54, 1.807) is 24.3 Å². The van der Waals surface area contributed by atoms with E-state index in [4.69, 9.17) is 23.2 Å². The van der Waals surface area contributed by atoms with E-state index in [9.17, 15) is 14.4 Å². The fourth-order valence-electron chi connectivity index (χ4n) is 4.50. The van der Waals surface area contributed by atoms with Crippen LogP contribution in [0.4, 0.5) is 5.69 Å². The van der Waals surface area contributed by atoms with Gasteiger partial charge in [0.1, 0.15) is 12.6 Å². The Balaban J connectivity index is 1.68. The van der Waals surface area contributed by atoms with Crippen molar-refractivity contribution in [3.63, 3.8) is 0 Å². The lowest BCUT2D eigenvalue weighted by Crippen LogP contribution is -2.52. The molecule has 0 radical (unpaired) electrons. The predicted octanol–water partition coefficient (Wildman–Crippen LogP) is 5.44. The van der Waals surface area contributed by atoms with Crippen molar-refractivity contribution in [1.29, 1.82) is 0 Å². The van der Waals surface area contributed by atoms with Crippen molar-refractivity contribution in [2.24, 2.45) is 0 Å². The van der Waals surface area contributed by atoms with E-state index in [1.807, 2.05) is 44.2 Å². The summed E-state index contributed by atoms with van der Waals surface area (Å²) in [4.78, 5) is 43.0. The molecule has 1 aliphatic rings. The van der Waals surface area contributed by atoms with Crippen LogP contribution in [0.1, 0.15) is 42.6 Å². The number of hydrogen-bond donors (Lipinski definition) is 1. The Bertz CT molecular complexity index is 1270. The molecule has 0 spiro atoms. The van der Waals surface area contributed by atoms with Gasteiger partial charge in [0.25, 0.3) is 5.91 Å². The third-order valence-electron chi connectivity index (χ3n) is 6.27. The summed E-state index contributed by atoms with van der Waals surface area (Å²) in [6.07, 6.45) is 1.17. The monoisotopic (exact) mass is 511 g/mol. The molecule has 0 unspecified atom stereocenters. The molecule has 1 atom stereocenters. The van der Waals surface area contributed by atoms with Crippen LogP contribution in [0.15, 0.2) is 54.6 Å². The van der Waals surface area contributed by atoms with Crippen molar-refractivity contribution in [2.75, 3.05) is 18.0 Å². The molecular formula is C27H27Cl2N3O3. The highest BCUT2D eigenvalue weighted by Crippen LogP contribution is 2.37. The fourth-order valence-corrected chi connectivity index (χ4v) is 5.02. The number of nitrogens with one attached hydrogen (secondary N) is 1. The minimum Gasteiger partial charge on any atom is -0.354 e. The molecule has 0 saturated heterocycles. The number of carbonyl (C=O) groups is 3. The largest absolute Gasteiger partial charge is 0.354 e. The molecule has 1 aliphatic heterocycles. The molecule has 182 valence electrons. The normalized spacial score (nSPS) is 13.3. The van der Waals surface area contributed by atoms with Crippen LogP contribution in [0, 0.1) is 0 Å². The second-order valence-corrected chi connectivity index (χ2v) is 9.32. The molecule has 0 aliphatic carbocycles. The summed E-state index contributed by atoms with van der Waals surface area (Å²) >= 11 is 12.8. The van der Waals surface area contributed by atoms with Gasteiger partial charge >= 0.3 is 0 Å². The molecule has 4 rings (SSSR count). The zero-order valence-corrected chi connectivity index (χ0v) is 21.2. The molecule has 3 aromatic carbocycles. The zero-order chi connectivity index (χ0) is 25.1. The maximum Gasteiger partial charge on any atom is 0.259 e. The Morgan fingerprint density at radius 3 is 2.31 bits per heavy atom. The van der Waals surface area contributed by atoms with Crippen molar-refractivity contribution in [1.82, 2.24) is 10.2 Å². The first-order valence-electron chi connectivity index (χ1n) is 11.7. The van der Waals surface area contributed by atoms with Crippen molar-refractivity contribution >= 4 is 57.4 Å². The summed E-state index contributed by atoms with van der Waals surface area (Å²) in [5.74, 6) is -0.842. The second kappa shape index (κ2) is 10.7. The number of benzene rings is 3. The quantitative estimate of drug-likeness (QED) is 0.415. The Kier molecular flexibility index (Phi) is 7.63. The van der Waals surface area contributed by atoms with Crippen LogP contribution < -0.4 is 10.2 Å². The third kappa shape index (κ3) is 4.86. The molecule has 35 heavy (non-hydrogen) atoms. The minimum atomic E-state index is -0.739. The Hall–Kier alpha value is -3.09. The Labute approximate surface area is 214 Å². The van der Waals surface area contributed by atoms with Crippen LogP contribution in [0.3, 0.4) is 0 Å². The summed E-state index contributed by atoms with van der Waals surface area (Å²) in [6, 6.07) is 15.6. The van der Waals surface area contributed by atoms with Gasteiger partial charge in [-0.3, -0.25) is 19.3 Å². The van der Waals surface area contributed by atoms with Gasteiger partial charge in [-0.25, -0.2) is 0 Å². The number of carbonyl (C=O) groups excluding carboxylic acids is 3. The van der Waals surface area contributed by atoms with Crippen LogP contribution in [-0.4, -0.2) is 41.8 Å². The van der Waals surface area contributed by atoms with E-state index >= 15 is 0 Å². The molecule has 6 nitrogen and oxygen atoms in total. The number of rotatable bonds is 9. The first kappa shape index (κ1) is 25.0. The lowest BCUT2D eigenvalue weighted by atomic mass is 10.1. The molecule has 8 heteroatoms. The molecule has 3 amide bonds. The van der Waals surface area contributed by atoms with Crippen LogP contribution in [0.25, 0.3) is 10.8 Å². The highest BCUT2D eigenvalue weighted by molar-refractivity contribution is 6.36. The molecule has 1 heterocycles. The van der Waals surface area contributed by atoms with Gasteiger partial charge in [-0.15, -0.1) is 0 Å². The van der Waals surface area contributed by atoms with Crippen molar-refractivity contribution in [3.8, 4) is 0 Å². The van der Waals surface area contributed by atoms with Crippen molar-refractivity contribution < 1.29 is 14.4 Å². The van der Waals surface area contributed by atoms with Crippen LogP contribution >= 0.6 is 23.2 Å². The van der Waals surface area contributed by atoms with E-state index in [1.165, 1.54) is 9.80 Å². The number of nitrogens with zero attached hydrogens (tertiary/aromatic N) is 2. The standard InChI is InChI=1S/C27H27Cl2N3O3/c1-3-14-30-26(34)22(4-2)31(15-19-20(28)11-7-12-21(19)29)24(33)16-32-23-13-6-9-17-8-5-10-18(25(17)23)27(32)35/h5-13,22H,3-4,14-16H2,1-2H3,(H,30,34)/t22-/m1/s1. The maximum absolute atomic E-state index is 13.8. The summed E-state index contributed by atoms with van der Waals surface area (Å²) in [5.41, 5.74) is 1.82. The van der Waals surface area contributed by atoms with Gasteiger partial charge in [0.05, 0.1) is 5.69 Å². The Morgan fingerprint density at radius 2 is 1.66 bits per heavy atom. The lowest BCUT2D eigenvalue weighted by molar-refractivity contribution is -0.140. The van der Waals surface area contributed by atoms with Crippen LogP contribution in [0.2, 0.25) is 10.0 Å². The molecule has 0 saturated carbocycles. The predicted molar refractivity (Wildman–Crippen MR) is 140 cm³/mol. The molecule has 0 fully saturated rings. The topological polar surface area (TPSA) is 69.7 Å². The van der Waals surface area contributed by atoms with Gasteiger partial charge < -0.3 is 10.2 Å². The van der Waals surface area contributed by atoms with E-state index in [0.29, 0.717) is 39.8 Å².